The molecule has 1 saturated carbocycles. The van der Waals surface area contributed by atoms with Crippen LogP contribution in [-0.2, 0) is 11.3 Å². The van der Waals surface area contributed by atoms with Gasteiger partial charge in [-0.15, -0.1) is 0 Å². The van der Waals surface area contributed by atoms with Gasteiger partial charge in [-0.2, -0.15) is 0 Å². The van der Waals surface area contributed by atoms with E-state index in [1.54, 1.807) is 13.3 Å². The third-order valence-corrected chi connectivity index (χ3v) is 4.68. The number of methoxy groups -OCH3 is 1. The highest BCUT2D eigenvalue weighted by molar-refractivity contribution is 6.00. The van der Waals surface area contributed by atoms with Crippen molar-refractivity contribution in [1.82, 2.24) is 9.88 Å². The predicted octanol–water partition coefficient (Wildman–Crippen LogP) is 1.86. The molecule has 0 radical (unpaired) electrons. The molecule has 1 fully saturated rings. The molecule has 1 N–H and O–H groups in total. The first-order chi connectivity index (χ1) is 12.5. The van der Waals surface area contributed by atoms with Gasteiger partial charge in [0.15, 0.2) is 5.78 Å². The zero-order valence-electron chi connectivity index (χ0n) is 14.9. The van der Waals surface area contributed by atoms with E-state index in [0.29, 0.717) is 18.5 Å². The second kappa shape index (κ2) is 7.66. The van der Waals surface area contributed by atoms with Crippen molar-refractivity contribution < 1.29 is 14.3 Å². The lowest BCUT2D eigenvalue weighted by atomic mass is 10.0. The molecule has 0 spiro atoms. The van der Waals surface area contributed by atoms with Gasteiger partial charge in [-0.3, -0.25) is 14.4 Å². The van der Waals surface area contributed by atoms with Gasteiger partial charge in [0.1, 0.15) is 5.56 Å². The number of amides is 1. The number of aromatic nitrogens is 1. The Morgan fingerprint density at radius 2 is 2.00 bits per heavy atom. The summed E-state index contributed by atoms with van der Waals surface area (Å²) in [6.07, 6.45) is 2.91. The number of benzene rings is 1. The summed E-state index contributed by atoms with van der Waals surface area (Å²) in [6.45, 7) is 0.301. The lowest BCUT2D eigenvalue weighted by Crippen LogP contribution is -2.32. The van der Waals surface area contributed by atoms with Crippen molar-refractivity contribution in [3.63, 3.8) is 0 Å². The second-order valence-electron chi connectivity index (χ2n) is 6.54. The van der Waals surface area contributed by atoms with Crippen LogP contribution in [0.15, 0.2) is 47.4 Å². The van der Waals surface area contributed by atoms with Gasteiger partial charge in [0, 0.05) is 32.3 Å². The number of pyridine rings is 1. The molecule has 136 valence electrons. The Bertz CT molecular complexity index is 873. The van der Waals surface area contributed by atoms with Crippen molar-refractivity contribution in [3.05, 3.63) is 69.6 Å². The van der Waals surface area contributed by atoms with Gasteiger partial charge in [0.05, 0.1) is 12.6 Å². The number of Topliss-reactive ketones (excluding diaryl/α,β-unsaturated/α-hetero) is 1. The van der Waals surface area contributed by atoms with Gasteiger partial charge in [0.25, 0.3) is 11.5 Å². The van der Waals surface area contributed by atoms with Crippen molar-refractivity contribution in [2.75, 3.05) is 14.2 Å². The zero-order valence-corrected chi connectivity index (χ0v) is 14.9. The lowest BCUT2D eigenvalue weighted by Gasteiger charge is -2.11. The average Bonchev–Trinajstić information content (AvgIpc) is 3.41. The normalized spacial score (nSPS) is 18.4. The summed E-state index contributed by atoms with van der Waals surface area (Å²) < 4.78 is 6.66. The highest BCUT2D eigenvalue weighted by Gasteiger charge is 2.39. The smallest absolute Gasteiger partial charge is 0.263 e. The Kier molecular flexibility index (Phi) is 5.32. The maximum atomic E-state index is 12.7. The number of carbonyl (C=O) groups is 2. The number of rotatable bonds is 7. The van der Waals surface area contributed by atoms with Gasteiger partial charge >= 0.3 is 0 Å². The fraction of sp³-hybridized carbons (Fsp3) is 0.350. The Labute approximate surface area is 151 Å². The number of nitrogens with one attached hydrogen (secondary N) is 1. The lowest BCUT2D eigenvalue weighted by molar-refractivity contribution is 0.0957. The van der Waals surface area contributed by atoms with Crippen LogP contribution in [0.1, 0.15) is 39.1 Å². The van der Waals surface area contributed by atoms with Crippen LogP contribution in [0.2, 0.25) is 0 Å². The molecule has 1 aromatic heterocycles. The highest BCUT2D eigenvalue weighted by Crippen LogP contribution is 2.36. The van der Waals surface area contributed by atoms with Crippen molar-refractivity contribution >= 4 is 11.7 Å². The van der Waals surface area contributed by atoms with Crippen molar-refractivity contribution in [3.8, 4) is 0 Å². The SMILES string of the molecule is CNC(=O)c1cc(C(=O)CC2CC2OC)cn(Cc2ccccc2)c1=O. The standard InChI is InChI=1S/C20H22N2O4/c1-21-19(24)16-8-15(17(23)9-14-10-18(14)26-2)12-22(20(16)25)11-13-6-4-3-5-7-13/h3-8,12,14,18H,9-11H2,1-2H3,(H,21,24). The van der Waals surface area contributed by atoms with E-state index < -0.39 is 11.5 Å². The summed E-state index contributed by atoms with van der Waals surface area (Å²) in [5, 5.41) is 2.47. The molecule has 6 heteroatoms. The molecule has 1 amide bonds. The number of hydrogen-bond acceptors (Lipinski definition) is 4. The molecule has 0 aliphatic heterocycles. The third-order valence-electron chi connectivity index (χ3n) is 4.68. The number of ether oxygens (including phenoxy) is 1. The molecule has 0 saturated heterocycles. The molecular formula is C20H22N2O4. The molecule has 1 aromatic carbocycles. The number of carbonyl (C=O) groups excluding carboxylic acids is 2. The molecule has 0 bridgehead atoms. The van der Waals surface area contributed by atoms with Crippen LogP contribution >= 0.6 is 0 Å². The van der Waals surface area contributed by atoms with E-state index in [-0.39, 0.29) is 23.4 Å². The Hall–Kier alpha value is -2.73. The monoisotopic (exact) mass is 354 g/mol. The van der Waals surface area contributed by atoms with E-state index in [2.05, 4.69) is 5.32 Å². The molecule has 6 nitrogen and oxygen atoms in total. The quantitative estimate of drug-likeness (QED) is 0.770. The molecule has 1 aliphatic carbocycles. The largest absolute Gasteiger partial charge is 0.381 e. The Morgan fingerprint density at radius 3 is 2.62 bits per heavy atom. The minimum absolute atomic E-state index is 0.0200. The van der Waals surface area contributed by atoms with Crippen LogP contribution in [0.5, 0.6) is 0 Å². The minimum Gasteiger partial charge on any atom is -0.381 e. The highest BCUT2D eigenvalue weighted by atomic mass is 16.5. The first-order valence-electron chi connectivity index (χ1n) is 8.60. The molecule has 1 aliphatic rings. The first kappa shape index (κ1) is 18.1. The molecule has 3 rings (SSSR count). The number of hydrogen-bond donors (Lipinski definition) is 1. The number of nitrogens with zero attached hydrogens (tertiary/aromatic N) is 1. The Balaban J connectivity index is 1.93. The maximum Gasteiger partial charge on any atom is 0.263 e. The van der Waals surface area contributed by atoms with Crippen LogP contribution in [0.3, 0.4) is 0 Å². The molecule has 2 atom stereocenters. The van der Waals surface area contributed by atoms with Crippen LogP contribution < -0.4 is 10.9 Å². The fourth-order valence-electron chi connectivity index (χ4n) is 3.06. The van der Waals surface area contributed by atoms with Gasteiger partial charge in [-0.25, -0.2) is 0 Å². The van der Waals surface area contributed by atoms with E-state index in [4.69, 9.17) is 4.74 Å². The summed E-state index contributed by atoms with van der Waals surface area (Å²) >= 11 is 0. The maximum absolute atomic E-state index is 12.7. The van der Waals surface area contributed by atoms with E-state index >= 15 is 0 Å². The van der Waals surface area contributed by atoms with Gasteiger partial charge in [0.2, 0.25) is 0 Å². The average molecular weight is 354 g/mol. The topological polar surface area (TPSA) is 77.4 Å². The molecule has 26 heavy (non-hydrogen) atoms. The molecule has 2 aromatic rings. The van der Waals surface area contributed by atoms with E-state index in [1.807, 2.05) is 30.3 Å². The second-order valence-corrected chi connectivity index (χ2v) is 6.54. The molecule has 2 unspecified atom stereocenters. The van der Waals surface area contributed by atoms with E-state index in [9.17, 15) is 14.4 Å². The van der Waals surface area contributed by atoms with Crippen LogP contribution in [0.25, 0.3) is 0 Å². The summed E-state index contributed by atoms with van der Waals surface area (Å²) in [6, 6.07) is 10.8. The first-order valence-corrected chi connectivity index (χ1v) is 8.60. The van der Waals surface area contributed by atoms with Gasteiger partial charge < -0.3 is 14.6 Å². The molecule has 1 heterocycles. The predicted molar refractivity (Wildman–Crippen MR) is 97.5 cm³/mol. The zero-order chi connectivity index (χ0) is 18.7. The van der Waals surface area contributed by atoms with Crippen molar-refractivity contribution in [2.45, 2.75) is 25.5 Å². The van der Waals surface area contributed by atoms with Crippen LogP contribution in [0.4, 0.5) is 0 Å². The molecular weight excluding hydrogens is 332 g/mol. The van der Waals surface area contributed by atoms with Gasteiger partial charge in [-0.05, 0) is 24.0 Å². The van der Waals surface area contributed by atoms with Crippen molar-refractivity contribution in [1.29, 1.82) is 0 Å². The van der Waals surface area contributed by atoms with E-state index in [1.165, 1.54) is 17.7 Å². The summed E-state index contributed by atoms with van der Waals surface area (Å²) in [5.74, 6) is -0.361. The number of ketones is 1. The van der Waals surface area contributed by atoms with Crippen LogP contribution in [0, 0.1) is 5.92 Å². The Morgan fingerprint density at radius 1 is 1.27 bits per heavy atom. The third kappa shape index (κ3) is 3.91. The van der Waals surface area contributed by atoms with Gasteiger partial charge in [-0.1, -0.05) is 30.3 Å². The summed E-state index contributed by atoms with van der Waals surface area (Å²) in [7, 11) is 3.10. The fourth-order valence-corrected chi connectivity index (χ4v) is 3.06. The van der Waals surface area contributed by atoms with Crippen molar-refractivity contribution in [2.24, 2.45) is 5.92 Å². The minimum atomic E-state index is -0.493. The van der Waals surface area contributed by atoms with Crippen LogP contribution in [-0.4, -0.2) is 36.5 Å². The summed E-state index contributed by atoms with van der Waals surface area (Å²) in [5.41, 5.74) is 0.865. The summed E-state index contributed by atoms with van der Waals surface area (Å²) in [4.78, 5) is 37.4. The van der Waals surface area contributed by atoms with E-state index in [0.717, 1.165) is 12.0 Å².